The number of hydrogen-bond donors (Lipinski definition) is 0. The van der Waals surface area contributed by atoms with Crippen LogP contribution in [-0.4, -0.2) is 19.8 Å². The van der Waals surface area contributed by atoms with Gasteiger partial charge in [0.2, 0.25) is 0 Å². The van der Waals surface area contributed by atoms with E-state index in [1.807, 2.05) is 60.7 Å². The third-order valence-electron chi connectivity index (χ3n) is 7.15. The molecular formula is C30H24Cl2N4O. The van der Waals surface area contributed by atoms with E-state index in [0.29, 0.717) is 15.7 Å². The van der Waals surface area contributed by atoms with E-state index in [1.165, 1.54) is 35.8 Å². The Bertz CT molecular complexity index is 1620. The van der Waals surface area contributed by atoms with Crippen LogP contribution in [0.5, 0.6) is 0 Å². The zero-order valence-electron chi connectivity index (χ0n) is 20.1. The molecule has 0 saturated heterocycles. The molecule has 1 aliphatic carbocycles. The summed E-state index contributed by atoms with van der Waals surface area (Å²) in [4.78, 5) is 13.6. The quantitative estimate of drug-likeness (QED) is 0.237. The van der Waals surface area contributed by atoms with Crippen LogP contribution in [0.25, 0.3) is 39.2 Å². The summed E-state index contributed by atoms with van der Waals surface area (Å²) in [5.74, 6) is 0.766. The molecule has 1 fully saturated rings. The van der Waals surface area contributed by atoms with Crippen molar-refractivity contribution in [2.75, 3.05) is 0 Å². The van der Waals surface area contributed by atoms with E-state index in [9.17, 15) is 4.79 Å². The van der Waals surface area contributed by atoms with Crippen LogP contribution in [-0.2, 0) is 6.42 Å². The molecule has 0 atom stereocenters. The van der Waals surface area contributed by atoms with Crippen LogP contribution in [0.4, 0.5) is 0 Å². The fourth-order valence-corrected chi connectivity index (χ4v) is 5.47. The number of halogens is 2. The molecule has 2 heterocycles. The van der Waals surface area contributed by atoms with Crippen molar-refractivity contribution in [1.29, 1.82) is 0 Å². The Morgan fingerprint density at radius 1 is 0.757 bits per heavy atom. The number of rotatable bonds is 5. The topological polar surface area (TPSA) is 60.2 Å². The summed E-state index contributed by atoms with van der Waals surface area (Å²) >= 11 is 12.3. The fraction of sp³-hybridized carbons (Fsp3) is 0.200. The van der Waals surface area contributed by atoms with E-state index < -0.39 is 0 Å². The van der Waals surface area contributed by atoms with Crippen molar-refractivity contribution < 1.29 is 0 Å². The molecule has 1 aliphatic rings. The maximum atomic E-state index is 13.6. The first-order valence-corrected chi connectivity index (χ1v) is 13.2. The lowest BCUT2D eigenvalue weighted by atomic mass is 9.96. The number of benzene rings is 3. The van der Waals surface area contributed by atoms with Crippen LogP contribution in [0.1, 0.15) is 31.2 Å². The molecule has 5 aromatic rings. The van der Waals surface area contributed by atoms with E-state index in [1.54, 1.807) is 6.20 Å². The smallest absolute Gasteiger partial charge is 0.265 e. The van der Waals surface area contributed by atoms with Gasteiger partial charge < -0.3 is 0 Å². The molecule has 0 spiro atoms. The largest absolute Gasteiger partial charge is 0.301 e. The second-order valence-corrected chi connectivity index (χ2v) is 10.5. The summed E-state index contributed by atoms with van der Waals surface area (Å²) in [6, 6.07) is 23.0. The number of aromatic nitrogens is 4. The molecule has 0 unspecified atom stereocenters. The molecule has 0 radical (unpaired) electrons. The third kappa shape index (κ3) is 4.77. The Labute approximate surface area is 224 Å². The summed E-state index contributed by atoms with van der Waals surface area (Å²) in [6.07, 6.45) is 8.05. The van der Waals surface area contributed by atoms with Crippen molar-refractivity contribution in [2.45, 2.75) is 32.1 Å². The highest BCUT2D eigenvalue weighted by Crippen LogP contribution is 2.35. The highest BCUT2D eigenvalue weighted by Gasteiger charge is 2.19. The van der Waals surface area contributed by atoms with Crippen LogP contribution in [0.15, 0.2) is 83.8 Å². The Balaban J connectivity index is 1.46. The maximum Gasteiger partial charge on any atom is 0.301 e. The van der Waals surface area contributed by atoms with E-state index in [-0.39, 0.29) is 11.3 Å². The first-order chi connectivity index (χ1) is 18.1. The third-order valence-corrected chi connectivity index (χ3v) is 7.65. The van der Waals surface area contributed by atoms with Crippen molar-refractivity contribution in [1.82, 2.24) is 19.8 Å². The van der Waals surface area contributed by atoms with Gasteiger partial charge in [0.05, 0.1) is 6.20 Å². The molecule has 6 rings (SSSR count). The van der Waals surface area contributed by atoms with Gasteiger partial charge in [-0.1, -0.05) is 97.4 Å². The zero-order chi connectivity index (χ0) is 25.4. The van der Waals surface area contributed by atoms with Crippen molar-refractivity contribution in [2.24, 2.45) is 5.92 Å². The fourth-order valence-electron chi connectivity index (χ4n) is 5.22. The summed E-state index contributed by atoms with van der Waals surface area (Å²) in [5.41, 5.74) is 5.69. The van der Waals surface area contributed by atoms with E-state index in [0.717, 1.165) is 40.2 Å². The Hall–Kier alpha value is -3.54. The lowest BCUT2D eigenvalue weighted by molar-refractivity contribution is 0.546. The number of nitrogens with zero attached hydrogens (tertiary/aromatic N) is 4. The van der Waals surface area contributed by atoms with Gasteiger partial charge in [0.1, 0.15) is 0 Å². The molecule has 7 heteroatoms. The molecule has 0 aliphatic heterocycles. The SMILES string of the molecule is O=c1c(-c2ccc(CC3CCCC3)cc2)nnc2c(-c3ccc(Cl)cc3)c(-c3ccc(Cl)cc3)cnn12. The van der Waals surface area contributed by atoms with Crippen LogP contribution in [0, 0.1) is 5.92 Å². The Kier molecular flexibility index (Phi) is 6.49. The molecule has 2 aromatic heterocycles. The molecule has 1 saturated carbocycles. The van der Waals surface area contributed by atoms with Gasteiger partial charge in [-0.3, -0.25) is 4.79 Å². The molecule has 5 nitrogen and oxygen atoms in total. The molecule has 3 aromatic carbocycles. The summed E-state index contributed by atoms with van der Waals surface area (Å²) in [5, 5.41) is 14.7. The Morgan fingerprint density at radius 2 is 1.35 bits per heavy atom. The van der Waals surface area contributed by atoms with Crippen molar-refractivity contribution in [3.63, 3.8) is 0 Å². The molecule has 37 heavy (non-hydrogen) atoms. The van der Waals surface area contributed by atoms with Gasteiger partial charge in [0.15, 0.2) is 11.3 Å². The van der Waals surface area contributed by atoms with E-state index in [2.05, 4.69) is 27.4 Å². The first-order valence-electron chi connectivity index (χ1n) is 12.5. The van der Waals surface area contributed by atoms with Crippen molar-refractivity contribution in [3.05, 3.63) is 105 Å². The molecular weight excluding hydrogens is 503 g/mol. The predicted molar refractivity (Wildman–Crippen MR) is 149 cm³/mol. The van der Waals surface area contributed by atoms with Gasteiger partial charge >= 0.3 is 5.56 Å². The average Bonchev–Trinajstić information content (AvgIpc) is 3.43. The number of fused-ring (bicyclic) bond motifs is 1. The molecule has 184 valence electrons. The number of hydrogen-bond acceptors (Lipinski definition) is 4. The van der Waals surface area contributed by atoms with Gasteiger partial charge in [-0.2, -0.15) is 9.61 Å². The van der Waals surface area contributed by atoms with Crippen molar-refractivity contribution in [3.8, 4) is 33.5 Å². The normalized spacial score (nSPS) is 13.9. The minimum atomic E-state index is -0.314. The molecule has 0 bridgehead atoms. The Morgan fingerprint density at radius 3 is 2.00 bits per heavy atom. The second kappa shape index (κ2) is 10.1. The lowest BCUT2D eigenvalue weighted by Gasteiger charge is -2.13. The van der Waals surface area contributed by atoms with Gasteiger partial charge in [-0.25, -0.2) is 0 Å². The molecule has 0 amide bonds. The van der Waals surface area contributed by atoms with Gasteiger partial charge in [0.25, 0.3) is 0 Å². The minimum Gasteiger partial charge on any atom is -0.265 e. The van der Waals surface area contributed by atoms with Crippen LogP contribution in [0.3, 0.4) is 0 Å². The van der Waals surface area contributed by atoms with Crippen LogP contribution < -0.4 is 5.56 Å². The average molecular weight is 527 g/mol. The summed E-state index contributed by atoms with van der Waals surface area (Å²) in [6.45, 7) is 0. The first kappa shape index (κ1) is 23.8. The van der Waals surface area contributed by atoms with E-state index >= 15 is 0 Å². The standard InChI is InChI=1S/C30H24Cl2N4O/c31-24-13-9-21(10-14-24)26-18-33-36-29(27(26)22-11-15-25(32)16-12-22)35-34-28(30(36)37)23-7-5-20(6-8-23)17-19-3-1-2-4-19/h5-16,18-19H,1-4,17H2. The van der Waals surface area contributed by atoms with Gasteiger partial charge in [-0.05, 0) is 53.3 Å². The molecule has 0 N–H and O–H groups in total. The summed E-state index contributed by atoms with van der Waals surface area (Å²) in [7, 11) is 0. The van der Waals surface area contributed by atoms with Crippen LogP contribution in [0.2, 0.25) is 10.0 Å². The predicted octanol–water partition coefficient (Wildman–Crippen LogP) is 7.53. The maximum absolute atomic E-state index is 13.6. The van der Waals surface area contributed by atoms with Gasteiger partial charge in [-0.15, -0.1) is 10.2 Å². The lowest BCUT2D eigenvalue weighted by Crippen LogP contribution is -2.22. The van der Waals surface area contributed by atoms with Crippen molar-refractivity contribution >= 4 is 28.8 Å². The zero-order valence-corrected chi connectivity index (χ0v) is 21.6. The van der Waals surface area contributed by atoms with E-state index in [4.69, 9.17) is 23.2 Å². The highest BCUT2D eigenvalue weighted by atomic mass is 35.5. The monoisotopic (exact) mass is 526 g/mol. The summed E-state index contributed by atoms with van der Waals surface area (Å²) < 4.78 is 1.33. The second-order valence-electron chi connectivity index (χ2n) is 9.59. The minimum absolute atomic E-state index is 0.277. The highest BCUT2D eigenvalue weighted by molar-refractivity contribution is 6.31. The van der Waals surface area contributed by atoms with Crippen LogP contribution >= 0.6 is 23.2 Å². The van der Waals surface area contributed by atoms with Gasteiger partial charge in [0, 0.05) is 26.7 Å².